The molecule has 1 amide bonds. The molecular weight excluding hydrogens is 334 g/mol. The Labute approximate surface area is 150 Å². The van der Waals surface area contributed by atoms with E-state index in [1.807, 2.05) is 51.2 Å². The minimum Gasteiger partial charge on any atom is -0.297 e. The standard InChI is InChI=1S/C18H19N5OS/c1-12-15(13(2)23(3)22-12)9-10-16(24)19-18-21-20-17(25-18)11-14-7-5-4-6-8-14/h4-10H,11H2,1-3H3,(H,19,21,24)/b10-9+. The molecule has 0 saturated heterocycles. The lowest BCUT2D eigenvalue weighted by Gasteiger charge is -1.97. The van der Waals surface area contributed by atoms with Crippen LogP contribution in [0.2, 0.25) is 0 Å². The summed E-state index contributed by atoms with van der Waals surface area (Å²) < 4.78 is 1.80. The third-order valence-corrected chi connectivity index (χ3v) is 4.70. The van der Waals surface area contributed by atoms with Crippen molar-refractivity contribution in [1.82, 2.24) is 20.0 Å². The van der Waals surface area contributed by atoms with E-state index in [1.54, 1.807) is 10.8 Å². The molecule has 1 N–H and O–H groups in total. The van der Waals surface area contributed by atoms with Gasteiger partial charge in [-0.15, -0.1) is 10.2 Å². The quantitative estimate of drug-likeness (QED) is 0.715. The molecule has 0 unspecified atom stereocenters. The number of hydrogen-bond donors (Lipinski definition) is 1. The molecule has 1 aromatic carbocycles. The lowest BCUT2D eigenvalue weighted by Crippen LogP contribution is -2.07. The fourth-order valence-corrected chi connectivity index (χ4v) is 3.26. The highest BCUT2D eigenvalue weighted by Crippen LogP contribution is 2.19. The average molecular weight is 353 g/mol. The summed E-state index contributed by atoms with van der Waals surface area (Å²) in [6.07, 6.45) is 3.98. The second-order valence-corrected chi connectivity index (χ2v) is 6.76. The van der Waals surface area contributed by atoms with Crippen molar-refractivity contribution in [3.05, 3.63) is 63.9 Å². The average Bonchev–Trinajstić information content (AvgIpc) is 3.11. The lowest BCUT2D eigenvalue weighted by molar-refractivity contribution is -0.111. The van der Waals surface area contributed by atoms with Crippen LogP contribution in [0.1, 0.15) is 27.5 Å². The molecule has 0 atom stereocenters. The summed E-state index contributed by atoms with van der Waals surface area (Å²) in [4.78, 5) is 12.1. The zero-order valence-electron chi connectivity index (χ0n) is 14.4. The van der Waals surface area contributed by atoms with E-state index >= 15 is 0 Å². The third kappa shape index (κ3) is 4.19. The highest BCUT2D eigenvalue weighted by molar-refractivity contribution is 7.15. The first kappa shape index (κ1) is 17.0. The molecule has 0 spiro atoms. The number of nitrogens with one attached hydrogen (secondary N) is 1. The molecule has 0 radical (unpaired) electrons. The summed E-state index contributed by atoms with van der Waals surface area (Å²) in [5.74, 6) is -0.231. The Morgan fingerprint density at radius 1 is 1.24 bits per heavy atom. The van der Waals surface area contributed by atoms with E-state index in [-0.39, 0.29) is 5.91 Å². The predicted molar refractivity (Wildman–Crippen MR) is 99.5 cm³/mol. The maximum absolute atomic E-state index is 12.1. The maximum atomic E-state index is 12.1. The van der Waals surface area contributed by atoms with Crippen molar-refractivity contribution in [3.63, 3.8) is 0 Å². The topological polar surface area (TPSA) is 72.7 Å². The van der Waals surface area contributed by atoms with E-state index in [9.17, 15) is 4.79 Å². The van der Waals surface area contributed by atoms with Crippen molar-refractivity contribution in [2.45, 2.75) is 20.3 Å². The molecule has 0 fully saturated rings. The van der Waals surface area contributed by atoms with Gasteiger partial charge in [-0.3, -0.25) is 14.8 Å². The fourth-order valence-electron chi connectivity index (χ4n) is 2.48. The number of amides is 1. The summed E-state index contributed by atoms with van der Waals surface area (Å²) in [7, 11) is 1.88. The summed E-state index contributed by atoms with van der Waals surface area (Å²) in [5.41, 5.74) is 4.03. The second kappa shape index (κ2) is 7.40. The maximum Gasteiger partial charge on any atom is 0.250 e. The lowest BCUT2D eigenvalue weighted by atomic mass is 10.2. The zero-order chi connectivity index (χ0) is 17.8. The number of benzene rings is 1. The summed E-state index contributed by atoms with van der Waals surface area (Å²) in [6.45, 7) is 3.89. The third-order valence-electron chi connectivity index (χ3n) is 3.86. The number of hydrogen-bond acceptors (Lipinski definition) is 5. The number of aromatic nitrogens is 4. The van der Waals surface area contributed by atoms with Gasteiger partial charge in [0.2, 0.25) is 11.0 Å². The minimum absolute atomic E-state index is 0.231. The summed E-state index contributed by atoms with van der Waals surface area (Å²) in [6, 6.07) is 10.0. The van der Waals surface area contributed by atoms with Crippen LogP contribution in [0.4, 0.5) is 5.13 Å². The van der Waals surface area contributed by atoms with Gasteiger partial charge in [0.25, 0.3) is 0 Å². The van der Waals surface area contributed by atoms with Crippen molar-refractivity contribution in [1.29, 1.82) is 0 Å². The Bertz CT molecular complexity index is 911. The van der Waals surface area contributed by atoms with E-state index in [0.717, 1.165) is 22.0 Å². The van der Waals surface area contributed by atoms with Gasteiger partial charge in [0.05, 0.1) is 5.69 Å². The molecule has 3 rings (SSSR count). The molecule has 2 heterocycles. The highest BCUT2D eigenvalue weighted by atomic mass is 32.1. The van der Waals surface area contributed by atoms with Gasteiger partial charge in [-0.1, -0.05) is 41.7 Å². The van der Waals surface area contributed by atoms with E-state index in [0.29, 0.717) is 11.6 Å². The molecule has 25 heavy (non-hydrogen) atoms. The minimum atomic E-state index is -0.231. The second-order valence-electron chi connectivity index (χ2n) is 5.69. The molecule has 0 saturated carbocycles. The largest absolute Gasteiger partial charge is 0.297 e. The van der Waals surface area contributed by atoms with Crippen LogP contribution in [-0.2, 0) is 18.3 Å². The normalized spacial score (nSPS) is 11.2. The van der Waals surface area contributed by atoms with E-state index in [2.05, 4.69) is 20.6 Å². The van der Waals surface area contributed by atoms with E-state index in [4.69, 9.17) is 0 Å². The van der Waals surface area contributed by atoms with Crippen molar-refractivity contribution < 1.29 is 4.79 Å². The monoisotopic (exact) mass is 353 g/mol. The van der Waals surface area contributed by atoms with Crippen molar-refractivity contribution in [2.24, 2.45) is 7.05 Å². The first-order valence-corrected chi connectivity index (χ1v) is 8.70. The first-order valence-electron chi connectivity index (χ1n) is 7.88. The Balaban J connectivity index is 1.63. The Hall–Kier alpha value is -2.80. The molecule has 0 aliphatic heterocycles. The predicted octanol–water partition coefficient (Wildman–Crippen LogP) is 3.13. The number of aryl methyl sites for hydroxylation is 2. The Morgan fingerprint density at radius 3 is 2.68 bits per heavy atom. The van der Waals surface area contributed by atoms with Crippen molar-refractivity contribution >= 4 is 28.5 Å². The molecule has 0 bridgehead atoms. The zero-order valence-corrected chi connectivity index (χ0v) is 15.2. The van der Waals surface area contributed by atoms with Crippen LogP contribution < -0.4 is 5.32 Å². The molecular formula is C18H19N5OS. The number of carbonyl (C=O) groups is 1. The van der Waals surface area contributed by atoms with E-state index < -0.39 is 0 Å². The number of rotatable bonds is 5. The first-order chi connectivity index (χ1) is 12.0. The van der Waals surface area contributed by atoms with Gasteiger partial charge in [-0.2, -0.15) is 5.10 Å². The molecule has 6 nitrogen and oxygen atoms in total. The molecule has 0 aliphatic rings. The van der Waals surface area contributed by atoms with Crippen LogP contribution >= 0.6 is 11.3 Å². The van der Waals surface area contributed by atoms with Gasteiger partial charge in [-0.25, -0.2) is 0 Å². The van der Waals surface area contributed by atoms with Crippen LogP contribution in [0, 0.1) is 13.8 Å². The number of carbonyl (C=O) groups excluding carboxylic acids is 1. The Kier molecular flexibility index (Phi) is 5.04. The van der Waals surface area contributed by atoms with Gasteiger partial charge in [-0.05, 0) is 25.5 Å². The van der Waals surface area contributed by atoms with Gasteiger partial charge < -0.3 is 0 Å². The van der Waals surface area contributed by atoms with Gasteiger partial charge in [0.1, 0.15) is 5.01 Å². The smallest absolute Gasteiger partial charge is 0.250 e. The fraction of sp³-hybridized carbons (Fsp3) is 0.222. The van der Waals surface area contributed by atoms with Crippen molar-refractivity contribution in [2.75, 3.05) is 5.32 Å². The molecule has 2 aromatic heterocycles. The van der Waals surface area contributed by atoms with Gasteiger partial charge >= 0.3 is 0 Å². The Morgan fingerprint density at radius 2 is 2.00 bits per heavy atom. The molecule has 128 valence electrons. The van der Waals surface area contributed by atoms with Gasteiger partial charge in [0.15, 0.2) is 0 Å². The molecule has 3 aromatic rings. The van der Waals surface area contributed by atoms with Gasteiger partial charge in [0, 0.05) is 30.8 Å². The van der Waals surface area contributed by atoms with Crippen molar-refractivity contribution in [3.8, 4) is 0 Å². The van der Waals surface area contributed by atoms with Crippen LogP contribution in [0.5, 0.6) is 0 Å². The summed E-state index contributed by atoms with van der Waals surface area (Å²) >= 11 is 1.38. The van der Waals surface area contributed by atoms with Crippen LogP contribution in [-0.4, -0.2) is 25.9 Å². The number of nitrogens with zero attached hydrogens (tertiary/aromatic N) is 4. The molecule has 7 heteroatoms. The molecule has 0 aliphatic carbocycles. The van der Waals surface area contributed by atoms with Crippen LogP contribution in [0.3, 0.4) is 0 Å². The number of anilines is 1. The van der Waals surface area contributed by atoms with Crippen LogP contribution in [0.25, 0.3) is 6.08 Å². The van der Waals surface area contributed by atoms with Crippen LogP contribution in [0.15, 0.2) is 36.4 Å². The highest BCUT2D eigenvalue weighted by Gasteiger charge is 2.09. The SMILES string of the molecule is Cc1nn(C)c(C)c1/C=C/C(=O)Nc1nnc(Cc2ccccc2)s1. The summed E-state index contributed by atoms with van der Waals surface area (Å²) in [5, 5.41) is 16.6. The van der Waals surface area contributed by atoms with E-state index in [1.165, 1.54) is 23.0 Å².